The first-order chi connectivity index (χ1) is 11.7. The van der Waals surface area contributed by atoms with E-state index in [2.05, 4.69) is 15.5 Å². The van der Waals surface area contributed by atoms with Crippen LogP contribution in [-0.2, 0) is 16.1 Å². The smallest absolute Gasteiger partial charge is 0.407 e. The molecule has 0 spiro atoms. The summed E-state index contributed by atoms with van der Waals surface area (Å²) in [5.74, 6) is -0.194. The first-order valence-corrected chi connectivity index (χ1v) is 8.21. The van der Waals surface area contributed by atoms with E-state index in [0.29, 0.717) is 17.7 Å². The van der Waals surface area contributed by atoms with Crippen LogP contribution in [0.25, 0.3) is 0 Å². The van der Waals surface area contributed by atoms with E-state index in [1.165, 1.54) is 0 Å². The molecule has 1 aromatic carbocycles. The van der Waals surface area contributed by atoms with Crippen molar-refractivity contribution in [3.63, 3.8) is 0 Å². The standard InChI is InChI=1S/C17H25N3O4/c1-18-16(21)15-6-3-2-5-14(15)13-24-17(22)19-7-4-8-20-9-11-23-12-10-20/h2-3,5-6H,4,7-13H2,1H3,(H,18,21)(H,19,22). The Morgan fingerprint density at radius 2 is 2.00 bits per heavy atom. The largest absolute Gasteiger partial charge is 0.445 e. The lowest BCUT2D eigenvalue weighted by Crippen LogP contribution is -2.38. The van der Waals surface area contributed by atoms with Gasteiger partial charge in [0, 0.05) is 37.8 Å². The minimum absolute atomic E-state index is 0.0683. The number of nitrogens with zero attached hydrogens (tertiary/aromatic N) is 1. The van der Waals surface area contributed by atoms with Gasteiger partial charge in [-0.25, -0.2) is 4.79 Å². The summed E-state index contributed by atoms with van der Waals surface area (Å²) in [6.07, 6.45) is 0.396. The summed E-state index contributed by atoms with van der Waals surface area (Å²) in [6.45, 7) is 5.01. The second kappa shape index (κ2) is 9.89. The molecule has 0 saturated carbocycles. The van der Waals surface area contributed by atoms with Crippen molar-refractivity contribution in [1.82, 2.24) is 15.5 Å². The van der Waals surface area contributed by atoms with Crippen LogP contribution in [0.1, 0.15) is 22.3 Å². The molecule has 1 aliphatic heterocycles. The molecule has 1 aliphatic rings. The molecule has 1 aromatic rings. The van der Waals surface area contributed by atoms with E-state index >= 15 is 0 Å². The van der Waals surface area contributed by atoms with E-state index < -0.39 is 6.09 Å². The maximum Gasteiger partial charge on any atom is 0.407 e. The zero-order valence-electron chi connectivity index (χ0n) is 14.0. The van der Waals surface area contributed by atoms with E-state index in [0.717, 1.165) is 39.3 Å². The number of carbonyl (C=O) groups excluding carboxylic acids is 2. The molecule has 1 fully saturated rings. The molecule has 24 heavy (non-hydrogen) atoms. The number of hydrogen-bond donors (Lipinski definition) is 2. The number of carbonyl (C=O) groups is 2. The van der Waals surface area contributed by atoms with Gasteiger partial charge in [0.1, 0.15) is 6.61 Å². The van der Waals surface area contributed by atoms with Crippen molar-refractivity contribution in [2.45, 2.75) is 13.0 Å². The van der Waals surface area contributed by atoms with Gasteiger partial charge in [0.2, 0.25) is 0 Å². The van der Waals surface area contributed by atoms with Crippen LogP contribution in [0.2, 0.25) is 0 Å². The highest BCUT2D eigenvalue weighted by molar-refractivity contribution is 5.95. The molecule has 0 bridgehead atoms. The van der Waals surface area contributed by atoms with Crippen LogP contribution < -0.4 is 10.6 Å². The van der Waals surface area contributed by atoms with E-state index in [1.54, 1.807) is 25.2 Å². The molecule has 0 unspecified atom stereocenters. The van der Waals surface area contributed by atoms with Gasteiger partial charge >= 0.3 is 6.09 Å². The maximum absolute atomic E-state index is 11.8. The molecular weight excluding hydrogens is 310 g/mol. The summed E-state index contributed by atoms with van der Waals surface area (Å²) in [6, 6.07) is 7.07. The Hall–Kier alpha value is -2.12. The SMILES string of the molecule is CNC(=O)c1ccccc1COC(=O)NCCCN1CCOCC1. The molecule has 7 heteroatoms. The molecule has 7 nitrogen and oxygen atoms in total. The molecule has 2 rings (SSSR count). The van der Waals surface area contributed by atoms with Gasteiger partial charge in [0.15, 0.2) is 0 Å². The average Bonchev–Trinajstić information content (AvgIpc) is 2.64. The number of ether oxygens (including phenoxy) is 2. The highest BCUT2D eigenvalue weighted by Gasteiger charge is 2.12. The zero-order chi connectivity index (χ0) is 17.2. The minimum atomic E-state index is -0.469. The second-order valence-corrected chi connectivity index (χ2v) is 5.55. The highest BCUT2D eigenvalue weighted by Crippen LogP contribution is 2.10. The lowest BCUT2D eigenvalue weighted by molar-refractivity contribution is 0.0374. The fourth-order valence-electron chi connectivity index (χ4n) is 2.51. The van der Waals surface area contributed by atoms with E-state index in [-0.39, 0.29) is 12.5 Å². The number of alkyl carbamates (subject to hydrolysis) is 1. The van der Waals surface area contributed by atoms with Crippen LogP contribution in [0, 0.1) is 0 Å². The Morgan fingerprint density at radius 3 is 2.75 bits per heavy atom. The van der Waals surface area contributed by atoms with E-state index in [4.69, 9.17) is 9.47 Å². The number of hydrogen-bond acceptors (Lipinski definition) is 5. The molecule has 0 atom stereocenters. The summed E-state index contributed by atoms with van der Waals surface area (Å²) in [4.78, 5) is 25.8. The average molecular weight is 335 g/mol. The van der Waals surface area contributed by atoms with Crippen molar-refractivity contribution in [2.75, 3.05) is 46.4 Å². The normalized spacial score (nSPS) is 14.9. The molecule has 0 aliphatic carbocycles. The van der Waals surface area contributed by atoms with Crippen LogP contribution in [-0.4, -0.2) is 63.3 Å². The van der Waals surface area contributed by atoms with Gasteiger partial charge in [-0.3, -0.25) is 9.69 Å². The Kier molecular flexibility index (Phi) is 7.51. The van der Waals surface area contributed by atoms with E-state index in [1.807, 2.05) is 6.07 Å². The van der Waals surface area contributed by atoms with Gasteiger partial charge in [-0.2, -0.15) is 0 Å². The Bertz CT molecular complexity index is 544. The summed E-state index contributed by atoms with van der Waals surface area (Å²) in [5.41, 5.74) is 1.19. The first kappa shape index (κ1) is 18.2. The number of amides is 2. The molecule has 1 heterocycles. The van der Waals surface area contributed by atoms with Gasteiger partial charge in [-0.15, -0.1) is 0 Å². The lowest BCUT2D eigenvalue weighted by Gasteiger charge is -2.26. The van der Waals surface area contributed by atoms with Crippen LogP contribution in [0.5, 0.6) is 0 Å². The fourth-order valence-corrected chi connectivity index (χ4v) is 2.51. The van der Waals surface area contributed by atoms with Crippen LogP contribution >= 0.6 is 0 Å². The van der Waals surface area contributed by atoms with Crippen molar-refractivity contribution in [3.05, 3.63) is 35.4 Å². The number of benzene rings is 1. The van der Waals surface area contributed by atoms with Gasteiger partial charge in [0.25, 0.3) is 5.91 Å². The Morgan fingerprint density at radius 1 is 1.25 bits per heavy atom. The third-order valence-corrected chi connectivity index (χ3v) is 3.87. The number of nitrogens with one attached hydrogen (secondary N) is 2. The molecule has 2 N–H and O–H groups in total. The van der Waals surface area contributed by atoms with Crippen LogP contribution in [0.3, 0.4) is 0 Å². The van der Waals surface area contributed by atoms with Crippen LogP contribution in [0.15, 0.2) is 24.3 Å². The number of rotatable bonds is 7. The van der Waals surface area contributed by atoms with Gasteiger partial charge in [-0.05, 0) is 19.0 Å². The molecule has 1 saturated heterocycles. The molecule has 0 aromatic heterocycles. The Balaban J connectivity index is 1.67. The van der Waals surface area contributed by atoms with Crippen molar-refractivity contribution < 1.29 is 19.1 Å². The van der Waals surface area contributed by atoms with Gasteiger partial charge < -0.3 is 20.1 Å². The Labute approximate surface area is 142 Å². The molecular formula is C17H25N3O4. The van der Waals surface area contributed by atoms with Crippen molar-refractivity contribution in [2.24, 2.45) is 0 Å². The summed E-state index contributed by atoms with van der Waals surface area (Å²) in [7, 11) is 1.57. The highest BCUT2D eigenvalue weighted by atomic mass is 16.5. The van der Waals surface area contributed by atoms with Crippen molar-refractivity contribution >= 4 is 12.0 Å². The molecule has 132 valence electrons. The zero-order valence-corrected chi connectivity index (χ0v) is 14.0. The lowest BCUT2D eigenvalue weighted by atomic mass is 10.1. The quantitative estimate of drug-likeness (QED) is 0.727. The topological polar surface area (TPSA) is 79.9 Å². The monoisotopic (exact) mass is 335 g/mol. The number of morpholine rings is 1. The third kappa shape index (κ3) is 5.82. The summed E-state index contributed by atoms with van der Waals surface area (Å²) >= 11 is 0. The maximum atomic E-state index is 11.8. The summed E-state index contributed by atoms with van der Waals surface area (Å²) < 4.78 is 10.5. The fraction of sp³-hybridized carbons (Fsp3) is 0.529. The predicted octanol–water partition coefficient (Wildman–Crippen LogP) is 0.995. The van der Waals surface area contributed by atoms with Gasteiger partial charge in [-0.1, -0.05) is 18.2 Å². The second-order valence-electron chi connectivity index (χ2n) is 5.55. The van der Waals surface area contributed by atoms with Gasteiger partial charge in [0.05, 0.1) is 13.2 Å². The first-order valence-electron chi connectivity index (χ1n) is 8.21. The van der Waals surface area contributed by atoms with Crippen molar-refractivity contribution in [3.8, 4) is 0 Å². The molecule has 0 radical (unpaired) electrons. The molecule has 2 amide bonds. The summed E-state index contributed by atoms with van der Waals surface area (Å²) in [5, 5.41) is 5.31. The van der Waals surface area contributed by atoms with Crippen LogP contribution in [0.4, 0.5) is 4.79 Å². The third-order valence-electron chi connectivity index (χ3n) is 3.87. The predicted molar refractivity (Wildman–Crippen MR) is 89.9 cm³/mol. The van der Waals surface area contributed by atoms with Crippen molar-refractivity contribution in [1.29, 1.82) is 0 Å². The van der Waals surface area contributed by atoms with E-state index in [9.17, 15) is 9.59 Å². The minimum Gasteiger partial charge on any atom is -0.445 e.